The molecule has 70 valence electrons. The van der Waals surface area contributed by atoms with Crippen LogP contribution in [0.2, 0.25) is 0 Å². The van der Waals surface area contributed by atoms with E-state index < -0.39 is 18.4 Å². The molecule has 6 nitrogen and oxygen atoms in total. The normalized spacial score (nSPS) is 17.6. The molecule has 0 aromatic carbocycles. The van der Waals surface area contributed by atoms with Gasteiger partial charge in [-0.25, -0.2) is 0 Å². The second-order valence-electron chi connectivity index (χ2n) is 2.26. The van der Waals surface area contributed by atoms with E-state index in [1.54, 1.807) is 0 Å². The highest BCUT2D eigenvalue weighted by atomic mass is 16.4. The molecule has 0 aromatic heterocycles. The summed E-state index contributed by atoms with van der Waals surface area (Å²) in [6.45, 7) is -0.860. The molecule has 0 spiro atoms. The first-order valence-corrected chi connectivity index (χ1v) is 3.27. The number of hydrogen-bond acceptors (Lipinski definition) is 5. The van der Waals surface area contributed by atoms with E-state index in [1.807, 2.05) is 5.32 Å². The van der Waals surface area contributed by atoms with Gasteiger partial charge in [-0.1, -0.05) is 0 Å². The van der Waals surface area contributed by atoms with Crippen molar-refractivity contribution in [2.75, 3.05) is 6.61 Å². The smallest absolute Gasteiger partial charge is 0.209 e. The van der Waals surface area contributed by atoms with Gasteiger partial charge in [0.1, 0.15) is 12.4 Å². The zero-order chi connectivity index (χ0) is 9.61. The van der Waals surface area contributed by atoms with Crippen LogP contribution in [0.5, 0.6) is 0 Å². The Morgan fingerprint density at radius 2 is 2.08 bits per heavy atom. The third kappa shape index (κ3) is 2.57. The number of rotatable bonds is 6. The van der Waals surface area contributed by atoms with Gasteiger partial charge in [0, 0.05) is 6.42 Å². The highest BCUT2D eigenvalue weighted by Gasteiger charge is 2.34. The predicted octanol–water partition coefficient (Wildman–Crippen LogP) is -2.64. The second-order valence-corrected chi connectivity index (χ2v) is 2.26. The summed E-state index contributed by atoms with van der Waals surface area (Å²) in [5.74, 6) is 0. The molecule has 0 aliphatic heterocycles. The van der Waals surface area contributed by atoms with Crippen molar-refractivity contribution < 1.29 is 24.9 Å². The number of aliphatic hydroxyl groups excluding tert-OH is 2. The number of aldehydes is 1. The lowest BCUT2D eigenvalue weighted by molar-refractivity contribution is -0.145. The Morgan fingerprint density at radius 1 is 1.50 bits per heavy atom. The van der Waals surface area contributed by atoms with Crippen LogP contribution in [0.4, 0.5) is 0 Å². The zero-order valence-electron chi connectivity index (χ0n) is 6.30. The Morgan fingerprint density at radius 3 is 2.42 bits per heavy atom. The van der Waals surface area contributed by atoms with Gasteiger partial charge in [0.2, 0.25) is 6.41 Å². The Labute approximate surface area is 68.8 Å². The maximum Gasteiger partial charge on any atom is 0.209 e. The summed E-state index contributed by atoms with van der Waals surface area (Å²) in [6.07, 6.45) is -1.37. The molecule has 0 aliphatic rings. The molecule has 1 amide bonds. The van der Waals surface area contributed by atoms with Gasteiger partial charge in [0.25, 0.3) is 0 Å². The molecule has 0 heterocycles. The van der Waals surface area contributed by atoms with Crippen LogP contribution in [0.1, 0.15) is 6.42 Å². The van der Waals surface area contributed by atoms with Crippen LogP contribution in [-0.2, 0) is 9.59 Å². The number of carbonyl (C=O) groups is 2. The van der Waals surface area contributed by atoms with E-state index in [9.17, 15) is 14.7 Å². The Kier molecular flexibility index (Phi) is 4.42. The van der Waals surface area contributed by atoms with Crippen molar-refractivity contribution in [2.45, 2.75) is 18.2 Å². The van der Waals surface area contributed by atoms with E-state index in [2.05, 4.69) is 0 Å². The average Bonchev–Trinajstić information content (AvgIpc) is 2.05. The van der Waals surface area contributed by atoms with Gasteiger partial charge in [-0.15, -0.1) is 0 Å². The van der Waals surface area contributed by atoms with Crippen molar-refractivity contribution in [2.24, 2.45) is 0 Å². The Balaban J connectivity index is 4.26. The van der Waals surface area contributed by atoms with Gasteiger partial charge in [0.15, 0.2) is 5.72 Å². The molecule has 0 radical (unpaired) electrons. The molecule has 6 heteroatoms. The van der Waals surface area contributed by atoms with E-state index in [1.165, 1.54) is 0 Å². The van der Waals surface area contributed by atoms with Crippen LogP contribution >= 0.6 is 0 Å². The van der Waals surface area contributed by atoms with E-state index in [4.69, 9.17) is 10.2 Å². The summed E-state index contributed by atoms with van der Waals surface area (Å²) < 4.78 is 0. The molecular weight excluding hydrogens is 166 g/mol. The van der Waals surface area contributed by atoms with Crippen LogP contribution in [0.3, 0.4) is 0 Å². The lowest BCUT2D eigenvalue weighted by Crippen LogP contribution is -2.57. The maximum atomic E-state index is 9.91. The Bertz CT molecular complexity index is 162. The monoisotopic (exact) mass is 177 g/mol. The fraction of sp³-hybridized carbons (Fsp3) is 0.667. The van der Waals surface area contributed by atoms with Gasteiger partial charge >= 0.3 is 0 Å². The van der Waals surface area contributed by atoms with E-state index >= 15 is 0 Å². The van der Waals surface area contributed by atoms with Crippen molar-refractivity contribution in [3.8, 4) is 0 Å². The first-order chi connectivity index (χ1) is 5.60. The molecule has 12 heavy (non-hydrogen) atoms. The molecule has 0 aromatic rings. The predicted molar refractivity (Wildman–Crippen MR) is 37.9 cm³/mol. The molecule has 4 N–H and O–H groups in total. The number of amides is 1. The summed E-state index contributed by atoms with van der Waals surface area (Å²) in [5, 5.41) is 28.6. The fourth-order valence-corrected chi connectivity index (χ4v) is 0.635. The molecule has 0 bridgehead atoms. The summed E-state index contributed by atoms with van der Waals surface area (Å²) in [5.41, 5.74) is -2.14. The summed E-state index contributed by atoms with van der Waals surface area (Å²) in [6, 6.07) is 0. The molecule has 0 saturated carbocycles. The van der Waals surface area contributed by atoms with Gasteiger partial charge < -0.3 is 25.4 Å². The SMILES string of the molecule is O=CC[C@@H](O)[C@@](O)(CO)NC=O. The number of nitrogens with one attached hydrogen (secondary N) is 1. The molecule has 0 fully saturated rings. The highest BCUT2D eigenvalue weighted by Crippen LogP contribution is 2.07. The molecule has 0 saturated heterocycles. The van der Waals surface area contributed by atoms with Crippen molar-refractivity contribution in [3.63, 3.8) is 0 Å². The average molecular weight is 177 g/mol. The van der Waals surface area contributed by atoms with Gasteiger partial charge in [0.05, 0.1) is 6.61 Å². The summed E-state index contributed by atoms with van der Waals surface area (Å²) in [4.78, 5) is 19.8. The van der Waals surface area contributed by atoms with E-state index in [0.29, 0.717) is 6.29 Å². The zero-order valence-corrected chi connectivity index (χ0v) is 6.30. The van der Waals surface area contributed by atoms with Crippen LogP contribution in [0.25, 0.3) is 0 Å². The standard InChI is InChI=1S/C6H11NO5/c8-2-1-5(11)6(12,3-9)7-4-10/h2,4-5,9,11-12H,1,3H2,(H,7,10)/t5-,6+/m1/s1. The van der Waals surface area contributed by atoms with Crippen LogP contribution in [0, 0.1) is 0 Å². The van der Waals surface area contributed by atoms with Crippen LogP contribution < -0.4 is 5.32 Å². The molecule has 0 rings (SSSR count). The molecule has 0 aliphatic carbocycles. The third-order valence-electron chi connectivity index (χ3n) is 1.42. The first-order valence-electron chi connectivity index (χ1n) is 3.27. The molecule has 0 unspecified atom stereocenters. The third-order valence-corrected chi connectivity index (χ3v) is 1.42. The van der Waals surface area contributed by atoms with Gasteiger partial charge in [-0.05, 0) is 0 Å². The Hall–Kier alpha value is -0.980. The second kappa shape index (κ2) is 4.81. The summed E-state index contributed by atoms with van der Waals surface area (Å²) >= 11 is 0. The molecule has 2 atom stereocenters. The number of carbonyl (C=O) groups excluding carboxylic acids is 2. The van der Waals surface area contributed by atoms with Gasteiger partial charge in [-0.3, -0.25) is 4.79 Å². The quantitative estimate of drug-likeness (QED) is 0.262. The fourth-order valence-electron chi connectivity index (χ4n) is 0.635. The van der Waals surface area contributed by atoms with Crippen LogP contribution in [-0.4, -0.2) is 46.5 Å². The lowest BCUT2D eigenvalue weighted by atomic mass is 10.1. The number of hydrogen-bond donors (Lipinski definition) is 4. The largest absolute Gasteiger partial charge is 0.391 e. The lowest BCUT2D eigenvalue weighted by Gasteiger charge is -2.28. The van der Waals surface area contributed by atoms with Crippen molar-refractivity contribution >= 4 is 12.7 Å². The van der Waals surface area contributed by atoms with Crippen LogP contribution in [0.15, 0.2) is 0 Å². The maximum absolute atomic E-state index is 9.91. The topological polar surface area (TPSA) is 107 Å². The van der Waals surface area contributed by atoms with E-state index in [-0.39, 0.29) is 12.8 Å². The minimum Gasteiger partial charge on any atom is -0.391 e. The van der Waals surface area contributed by atoms with E-state index in [0.717, 1.165) is 0 Å². The molecular formula is C6H11NO5. The number of aliphatic hydroxyl groups is 3. The van der Waals surface area contributed by atoms with Crippen molar-refractivity contribution in [3.05, 3.63) is 0 Å². The minimum atomic E-state index is -2.14. The first kappa shape index (κ1) is 11.0. The van der Waals surface area contributed by atoms with Crippen molar-refractivity contribution in [1.29, 1.82) is 0 Å². The van der Waals surface area contributed by atoms with Crippen molar-refractivity contribution in [1.82, 2.24) is 5.32 Å². The minimum absolute atomic E-state index is 0.129. The summed E-state index contributed by atoms with van der Waals surface area (Å²) in [7, 11) is 0. The highest BCUT2D eigenvalue weighted by molar-refractivity contribution is 5.52. The van der Waals surface area contributed by atoms with Gasteiger partial charge in [-0.2, -0.15) is 0 Å².